The van der Waals surface area contributed by atoms with Crippen molar-refractivity contribution in [2.24, 2.45) is 0 Å². The molecule has 0 radical (unpaired) electrons. The van der Waals surface area contributed by atoms with Gasteiger partial charge in [0.15, 0.2) is 0 Å². The van der Waals surface area contributed by atoms with E-state index in [1.807, 2.05) is 25.7 Å². The number of hydrogen-bond acceptors (Lipinski definition) is 5. The summed E-state index contributed by atoms with van der Waals surface area (Å²) in [6.07, 6.45) is 0. The fourth-order valence-corrected chi connectivity index (χ4v) is 4.22. The fourth-order valence-electron chi connectivity index (χ4n) is 2.80. The highest BCUT2D eigenvalue weighted by atomic mass is 32.2. The number of carbonyl (C=O) groups excluding carboxylic acids is 2. The molecule has 9 heteroatoms. The minimum absolute atomic E-state index is 0.0259. The van der Waals surface area contributed by atoms with Gasteiger partial charge in [0.25, 0.3) is 0 Å². The second-order valence-corrected chi connectivity index (χ2v) is 8.93. The van der Waals surface area contributed by atoms with Crippen LogP contribution in [0.4, 0.5) is 0 Å². The third kappa shape index (κ3) is 6.30. The predicted octanol–water partition coefficient (Wildman–Crippen LogP) is -0.0579. The van der Waals surface area contributed by atoms with Gasteiger partial charge in [-0.3, -0.25) is 14.5 Å². The zero-order valence-electron chi connectivity index (χ0n) is 16.1. The van der Waals surface area contributed by atoms with Crippen LogP contribution in [0.15, 0.2) is 29.2 Å². The molecule has 1 aromatic carbocycles. The zero-order chi connectivity index (χ0) is 20.0. The Balaban J connectivity index is 1.80. The largest absolute Gasteiger partial charge is 0.352 e. The fraction of sp³-hybridized carbons (Fsp3) is 0.556. The molecule has 0 bridgehead atoms. The molecule has 27 heavy (non-hydrogen) atoms. The van der Waals surface area contributed by atoms with Crippen LogP contribution in [0.3, 0.4) is 0 Å². The summed E-state index contributed by atoms with van der Waals surface area (Å²) >= 11 is 0. The quantitative estimate of drug-likeness (QED) is 0.673. The van der Waals surface area contributed by atoms with E-state index in [1.54, 1.807) is 24.3 Å². The van der Waals surface area contributed by atoms with Gasteiger partial charge in [0, 0.05) is 32.2 Å². The number of amides is 2. The Morgan fingerprint density at radius 1 is 1.04 bits per heavy atom. The number of sulfonamides is 1. The number of carbonyl (C=O) groups is 2. The van der Waals surface area contributed by atoms with Crippen molar-refractivity contribution in [1.82, 2.24) is 19.8 Å². The molecule has 0 spiro atoms. The summed E-state index contributed by atoms with van der Waals surface area (Å²) in [6, 6.07) is 6.82. The molecule has 1 aliphatic heterocycles. The molecule has 2 N–H and O–H groups in total. The second-order valence-electron chi connectivity index (χ2n) is 6.99. The van der Waals surface area contributed by atoms with Gasteiger partial charge >= 0.3 is 0 Å². The standard InChI is InChI=1S/C18H28N4O4S/c1-14(2)20-17(23)12-19-18(24)13-21-8-10-22(11-9-21)27(25,26)16-6-4-15(3)5-7-16/h4-7,14H,8-13H2,1-3H3,(H,19,24)(H,20,23). The molecule has 2 amide bonds. The maximum Gasteiger partial charge on any atom is 0.243 e. The molecule has 1 saturated heterocycles. The van der Waals surface area contributed by atoms with E-state index in [2.05, 4.69) is 10.6 Å². The first-order valence-corrected chi connectivity index (χ1v) is 10.5. The van der Waals surface area contributed by atoms with E-state index in [1.165, 1.54) is 4.31 Å². The van der Waals surface area contributed by atoms with E-state index in [4.69, 9.17) is 0 Å². The van der Waals surface area contributed by atoms with Crippen LogP contribution in [-0.4, -0.2) is 74.7 Å². The van der Waals surface area contributed by atoms with Crippen LogP contribution in [0.1, 0.15) is 19.4 Å². The van der Waals surface area contributed by atoms with E-state index in [0.29, 0.717) is 26.2 Å². The molecule has 0 unspecified atom stereocenters. The summed E-state index contributed by atoms with van der Waals surface area (Å²) in [4.78, 5) is 25.7. The molecule has 1 aliphatic rings. The van der Waals surface area contributed by atoms with Crippen molar-refractivity contribution >= 4 is 21.8 Å². The Bertz CT molecular complexity index is 754. The highest BCUT2D eigenvalue weighted by Crippen LogP contribution is 2.18. The SMILES string of the molecule is Cc1ccc(S(=O)(=O)N2CCN(CC(=O)NCC(=O)NC(C)C)CC2)cc1. The van der Waals surface area contributed by atoms with Crippen LogP contribution in [0.25, 0.3) is 0 Å². The van der Waals surface area contributed by atoms with E-state index >= 15 is 0 Å². The van der Waals surface area contributed by atoms with Crippen LogP contribution in [0.2, 0.25) is 0 Å². The summed E-state index contributed by atoms with van der Waals surface area (Å²) in [5.41, 5.74) is 1.01. The second kappa shape index (κ2) is 9.29. The van der Waals surface area contributed by atoms with Crippen LogP contribution in [0.5, 0.6) is 0 Å². The number of nitrogens with zero attached hydrogens (tertiary/aromatic N) is 2. The van der Waals surface area contributed by atoms with Crippen LogP contribution in [0, 0.1) is 6.92 Å². The number of piperazine rings is 1. The number of aryl methyl sites for hydroxylation is 1. The van der Waals surface area contributed by atoms with Crippen molar-refractivity contribution < 1.29 is 18.0 Å². The molecule has 0 aliphatic carbocycles. The van der Waals surface area contributed by atoms with Gasteiger partial charge in [0.1, 0.15) is 0 Å². The van der Waals surface area contributed by atoms with E-state index in [0.717, 1.165) is 5.56 Å². The van der Waals surface area contributed by atoms with Gasteiger partial charge in [-0.25, -0.2) is 8.42 Å². The summed E-state index contributed by atoms with van der Waals surface area (Å²) in [5, 5.41) is 5.29. The van der Waals surface area contributed by atoms with Crippen LogP contribution < -0.4 is 10.6 Å². The van der Waals surface area contributed by atoms with Gasteiger partial charge in [0.05, 0.1) is 18.0 Å². The van der Waals surface area contributed by atoms with Gasteiger partial charge in [0.2, 0.25) is 21.8 Å². The molecule has 8 nitrogen and oxygen atoms in total. The Morgan fingerprint density at radius 3 is 2.19 bits per heavy atom. The highest BCUT2D eigenvalue weighted by molar-refractivity contribution is 7.89. The van der Waals surface area contributed by atoms with Crippen LogP contribution >= 0.6 is 0 Å². The van der Waals surface area contributed by atoms with Crippen molar-refractivity contribution in [3.05, 3.63) is 29.8 Å². The van der Waals surface area contributed by atoms with Crippen molar-refractivity contribution in [2.75, 3.05) is 39.3 Å². The first-order valence-electron chi connectivity index (χ1n) is 9.03. The third-order valence-electron chi connectivity index (χ3n) is 4.25. The third-order valence-corrected chi connectivity index (χ3v) is 6.17. The summed E-state index contributed by atoms with van der Waals surface area (Å²) in [7, 11) is -3.51. The number of rotatable bonds is 7. The number of nitrogens with one attached hydrogen (secondary N) is 2. The lowest BCUT2D eigenvalue weighted by Crippen LogP contribution is -2.51. The molecule has 0 atom stereocenters. The Kier molecular flexibility index (Phi) is 7.34. The summed E-state index contributed by atoms with van der Waals surface area (Å²) in [6.45, 7) is 7.30. The summed E-state index contributed by atoms with van der Waals surface area (Å²) in [5.74, 6) is -0.476. The molecule has 0 saturated carbocycles. The lowest BCUT2D eigenvalue weighted by molar-refractivity contribution is -0.127. The molecular formula is C18H28N4O4S. The van der Waals surface area contributed by atoms with Gasteiger partial charge in [-0.2, -0.15) is 4.31 Å². The molecule has 0 aromatic heterocycles. The molecular weight excluding hydrogens is 368 g/mol. The van der Waals surface area contributed by atoms with Crippen molar-refractivity contribution in [3.63, 3.8) is 0 Å². The minimum atomic E-state index is -3.51. The number of hydrogen-bond donors (Lipinski definition) is 2. The van der Waals surface area contributed by atoms with E-state index in [9.17, 15) is 18.0 Å². The monoisotopic (exact) mass is 396 g/mol. The number of benzene rings is 1. The summed E-state index contributed by atoms with van der Waals surface area (Å²) < 4.78 is 26.8. The first-order chi connectivity index (χ1) is 12.7. The van der Waals surface area contributed by atoms with Crippen molar-refractivity contribution in [1.29, 1.82) is 0 Å². The topological polar surface area (TPSA) is 98.8 Å². The average Bonchev–Trinajstić information content (AvgIpc) is 2.60. The highest BCUT2D eigenvalue weighted by Gasteiger charge is 2.28. The first kappa shape index (κ1) is 21.3. The Hall–Kier alpha value is -1.97. The van der Waals surface area contributed by atoms with Gasteiger partial charge in [-0.05, 0) is 32.9 Å². The maximum absolute atomic E-state index is 12.7. The predicted molar refractivity (Wildman–Crippen MR) is 103 cm³/mol. The molecule has 150 valence electrons. The molecule has 1 aromatic rings. The van der Waals surface area contributed by atoms with Gasteiger partial charge in [-0.1, -0.05) is 17.7 Å². The van der Waals surface area contributed by atoms with E-state index < -0.39 is 10.0 Å². The normalized spacial score (nSPS) is 16.3. The maximum atomic E-state index is 12.7. The van der Waals surface area contributed by atoms with Crippen molar-refractivity contribution in [2.45, 2.75) is 31.7 Å². The molecule has 1 fully saturated rings. The Labute approximate surface area is 161 Å². The van der Waals surface area contributed by atoms with Crippen LogP contribution in [-0.2, 0) is 19.6 Å². The molecule has 1 heterocycles. The van der Waals surface area contributed by atoms with Gasteiger partial charge in [-0.15, -0.1) is 0 Å². The molecule has 2 rings (SSSR count). The smallest absolute Gasteiger partial charge is 0.243 e. The lowest BCUT2D eigenvalue weighted by atomic mass is 10.2. The van der Waals surface area contributed by atoms with Gasteiger partial charge < -0.3 is 10.6 Å². The average molecular weight is 397 g/mol. The minimum Gasteiger partial charge on any atom is -0.352 e. The van der Waals surface area contributed by atoms with Crippen molar-refractivity contribution in [3.8, 4) is 0 Å². The zero-order valence-corrected chi connectivity index (χ0v) is 16.9. The Morgan fingerprint density at radius 2 is 1.63 bits per heavy atom. The van der Waals surface area contributed by atoms with E-state index in [-0.39, 0.29) is 35.8 Å². The lowest BCUT2D eigenvalue weighted by Gasteiger charge is -2.33.